The molecule has 0 radical (unpaired) electrons. The van der Waals surface area contributed by atoms with Gasteiger partial charge in [0.05, 0.1) is 24.2 Å². The van der Waals surface area contributed by atoms with Gasteiger partial charge in [-0.2, -0.15) is 0 Å². The number of hydrogen-bond donors (Lipinski definition) is 1. The van der Waals surface area contributed by atoms with Crippen molar-refractivity contribution in [3.8, 4) is 0 Å². The fourth-order valence-electron chi connectivity index (χ4n) is 2.39. The lowest BCUT2D eigenvalue weighted by Crippen LogP contribution is -2.11. The molecule has 3 aromatic rings. The molecule has 0 unspecified atom stereocenters. The molecule has 3 rings (SSSR count). The van der Waals surface area contributed by atoms with Crippen molar-refractivity contribution in [2.45, 2.75) is 6.73 Å². The first-order chi connectivity index (χ1) is 12.2. The maximum absolute atomic E-state index is 12.4. The van der Waals surface area contributed by atoms with Crippen molar-refractivity contribution >= 4 is 34.2 Å². The number of carbonyl (C=O) groups excluding carboxylic acids is 1. The summed E-state index contributed by atoms with van der Waals surface area (Å²) in [5.41, 5.74) is 2.69. The number of anilines is 1. The van der Waals surface area contributed by atoms with Gasteiger partial charge in [0.1, 0.15) is 6.73 Å². The van der Waals surface area contributed by atoms with Crippen molar-refractivity contribution in [2.24, 2.45) is 0 Å². The molecule has 0 atom stereocenters. The number of methoxy groups -OCH3 is 1. The summed E-state index contributed by atoms with van der Waals surface area (Å²) in [4.78, 5) is 16.7. The highest BCUT2D eigenvalue weighted by molar-refractivity contribution is 6.29. The van der Waals surface area contributed by atoms with Crippen LogP contribution in [0, 0.1) is 0 Å². The van der Waals surface area contributed by atoms with Gasteiger partial charge in [0.2, 0.25) is 5.28 Å². The van der Waals surface area contributed by atoms with Gasteiger partial charge in [-0.25, -0.2) is 4.98 Å². The van der Waals surface area contributed by atoms with Crippen molar-refractivity contribution in [3.63, 3.8) is 0 Å². The van der Waals surface area contributed by atoms with Crippen molar-refractivity contribution in [2.75, 3.05) is 25.6 Å². The van der Waals surface area contributed by atoms with Gasteiger partial charge in [-0.15, -0.1) is 0 Å². The van der Waals surface area contributed by atoms with Gasteiger partial charge in [-0.05, 0) is 41.9 Å². The van der Waals surface area contributed by atoms with Crippen LogP contribution in [0.3, 0.4) is 0 Å². The highest BCUT2D eigenvalue weighted by atomic mass is 35.5. The predicted molar refractivity (Wildman–Crippen MR) is 97.0 cm³/mol. The average Bonchev–Trinajstić information content (AvgIpc) is 2.94. The van der Waals surface area contributed by atoms with Crippen molar-refractivity contribution in [1.82, 2.24) is 9.55 Å². The summed E-state index contributed by atoms with van der Waals surface area (Å²) >= 11 is 6.18. The quantitative estimate of drug-likeness (QED) is 0.655. The van der Waals surface area contributed by atoms with Gasteiger partial charge in [-0.1, -0.05) is 18.2 Å². The number of para-hydroxylation sites is 1. The minimum Gasteiger partial charge on any atom is -0.382 e. The SMILES string of the molecule is COCCOCn1c(Cl)nc2cc(C(=O)Nc3ccccc3)ccc21. The Kier molecular flexibility index (Phi) is 5.65. The molecule has 0 saturated heterocycles. The van der Waals surface area contributed by atoms with Crippen LogP contribution < -0.4 is 5.32 Å². The van der Waals surface area contributed by atoms with E-state index < -0.39 is 0 Å². The zero-order chi connectivity index (χ0) is 17.6. The fourth-order valence-corrected chi connectivity index (χ4v) is 2.62. The molecule has 0 saturated carbocycles. The summed E-state index contributed by atoms with van der Waals surface area (Å²) in [6.07, 6.45) is 0. The Morgan fingerprint density at radius 1 is 1.20 bits per heavy atom. The molecule has 0 fully saturated rings. The van der Waals surface area contributed by atoms with Crippen LogP contribution in [0.4, 0.5) is 5.69 Å². The molecule has 0 aliphatic rings. The third kappa shape index (κ3) is 4.17. The first kappa shape index (κ1) is 17.4. The number of imidazole rings is 1. The molecule has 1 aromatic heterocycles. The predicted octanol–water partition coefficient (Wildman–Crippen LogP) is 3.56. The molecule has 6 nitrogen and oxygen atoms in total. The highest BCUT2D eigenvalue weighted by Gasteiger charge is 2.13. The molecule has 1 amide bonds. The first-order valence-corrected chi connectivity index (χ1v) is 8.15. The molecular formula is C18H18ClN3O3. The average molecular weight is 360 g/mol. The molecule has 0 bridgehead atoms. The van der Waals surface area contributed by atoms with Crippen LogP contribution in [-0.4, -0.2) is 35.8 Å². The van der Waals surface area contributed by atoms with Crippen LogP contribution in [0.25, 0.3) is 11.0 Å². The second-order valence-electron chi connectivity index (χ2n) is 5.36. The van der Waals surface area contributed by atoms with E-state index in [-0.39, 0.29) is 12.6 Å². The first-order valence-electron chi connectivity index (χ1n) is 7.78. The highest BCUT2D eigenvalue weighted by Crippen LogP contribution is 2.22. The van der Waals surface area contributed by atoms with E-state index in [1.54, 1.807) is 23.8 Å². The molecule has 0 spiro atoms. The number of hydrogen-bond acceptors (Lipinski definition) is 4. The van der Waals surface area contributed by atoms with Crippen LogP contribution in [0.15, 0.2) is 48.5 Å². The fraction of sp³-hybridized carbons (Fsp3) is 0.222. The summed E-state index contributed by atoms with van der Waals surface area (Å²) in [6, 6.07) is 14.6. The van der Waals surface area contributed by atoms with E-state index in [4.69, 9.17) is 21.1 Å². The second kappa shape index (κ2) is 8.11. The Morgan fingerprint density at radius 3 is 2.76 bits per heavy atom. The number of rotatable bonds is 7. The zero-order valence-electron chi connectivity index (χ0n) is 13.7. The number of aromatic nitrogens is 2. The number of fused-ring (bicyclic) bond motifs is 1. The van der Waals surface area contributed by atoms with Gasteiger partial charge in [0, 0.05) is 18.4 Å². The van der Waals surface area contributed by atoms with Crippen molar-refractivity contribution < 1.29 is 14.3 Å². The molecule has 0 aliphatic heterocycles. The molecule has 2 aromatic carbocycles. The van der Waals surface area contributed by atoms with Crippen LogP contribution in [-0.2, 0) is 16.2 Å². The number of amides is 1. The van der Waals surface area contributed by atoms with Gasteiger partial charge in [-0.3, -0.25) is 9.36 Å². The zero-order valence-corrected chi connectivity index (χ0v) is 14.5. The molecular weight excluding hydrogens is 342 g/mol. The van der Waals surface area contributed by atoms with Crippen LogP contribution in [0.5, 0.6) is 0 Å². The Morgan fingerprint density at radius 2 is 2.00 bits per heavy atom. The number of nitrogens with one attached hydrogen (secondary N) is 1. The van der Waals surface area contributed by atoms with Crippen LogP contribution in [0.2, 0.25) is 5.28 Å². The van der Waals surface area contributed by atoms with E-state index >= 15 is 0 Å². The molecule has 25 heavy (non-hydrogen) atoms. The van der Waals surface area contributed by atoms with E-state index in [0.29, 0.717) is 29.6 Å². The van der Waals surface area contributed by atoms with E-state index in [1.807, 2.05) is 36.4 Å². The maximum atomic E-state index is 12.4. The standard InChI is InChI=1S/C18H18ClN3O3/c1-24-9-10-25-12-22-16-8-7-13(11-15(16)21-18(22)19)17(23)20-14-5-3-2-4-6-14/h2-8,11H,9-10,12H2,1H3,(H,20,23). The molecule has 1 N–H and O–H groups in total. The Bertz CT molecular complexity index is 865. The van der Waals surface area contributed by atoms with E-state index in [0.717, 1.165) is 11.2 Å². The minimum absolute atomic E-state index is 0.199. The molecule has 130 valence electrons. The number of halogens is 1. The van der Waals surface area contributed by atoms with Gasteiger partial charge in [0.15, 0.2) is 0 Å². The lowest BCUT2D eigenvalue weighted by atomic mass is 10.2. The van der Waals surface area contributed by atoms with E-state index in [9.17, 15) is 4.79 Å². The second-order valence-corrected chi connectivity index (χ2v) is 5.70. The van der Waals surface area contributed by atoms with Gasteiger partial charge < -0.3 is 14.8 Å². The molecule has 1 heterocycles. The van der Waals surface area contributed by atoms with Gasteiger partial charge >= 0.3 is 0 Å². The Hall–Kier alpha value is -2.41. The summed E-state index contributed by atoms with van der Waals surface area (Å²) in [7, 11) is 1.62. The molecule has 7 heteroatoms. The molecule has 0 aliphatic carbocycles. The summed E-state index contributed by atoms with van der Waals surface area (Å²) < 4.78 is 12.2. The number of ether oxygens (including phenoxy) is 2. The third-order valence-electron chi connectivity index (χ3n) is 3.65. The lowest BCUT2D eigenvalue weighted by molar-refractivity contribution is 0.0359. The minimum atomic E-state index is -0.199. The number of benzene rings is 2. The van der Waals surface area contributed by atoms with E-state index in [2.05, 4.69) is 10.3 Å². The number of carbonyl (C=O) groups is 1. The summed E-state index contributed by atoms with van der Waals surface area (Å²) in [5.74, 6) is -0.199. The van der Waals surface area contributed by atoms with Crippen molar-refractivity contribution in [1.29, 1.82) is 0 Å². The normalized spacial score (nSPS) is 11.0. The van der Waals surface area contributed by atoms with E-state index in [1.165, 1.54) is 0 Å². The topological polar surface area (TPSA) is 65.4 Å². The number of nitrogens with zero attached hydrogens (tertiary/aromatic N) is 2. The Labute approximate surface area is 150 Å². The lowest BCUT2D eigenvalue weighted by Gasteiger charge is -2.08. The summed E-state index contributed by atoms with van der Waals surface area (Å²) in [6.45, 7) is 1.24. The maximum Gasteiger partial charge on any atom is 0.255 e. The van der Waals surface area contributed by atoms with Crippen LogP contribution in [0.1, 0.15) is 10.4 Å². The van der Waals surface area contributed by atoms with Crippen LogP contribution >= 0.6 is 11.6 Å². The van der Waals surface area contributed by atoms with Crippen molar-refractivity contribution in [3.05, 3.63) is 59.4 Å². The monoisotopic (exact) mass is 359 g/mol. The third-order valence-corrected chi connectivity index (χ3v) is 3.94. The smallest absolute Gasteiger partial charge is 0.255 e. The Balaban J connectivity index is 1.77. The largest absolute Gasteiger partial charge is 0.382 e. The van der Waals surface area contributed by atoms with Gasteiger partial charge in [0.25, 0.3) is 5.91 Å². The summed E-state index contributed by atoms with van der Waals surface area (Å²) in [5, 5.41) is 3.16.